The average Bonchev–Trinajstić information content (AvgIpc) is 3.31. The van der Waals surface area contributed by atoms with Crippen LogP contribution in [0.5, 0.6) is 0 Å². The molecule has 2 aliphatic heterocycles. The van der Waals surface area contributed by atoms with Gasteiger partial charge in [-0.15, -0.1) is 0 Å². The zero-order valence-electron chi connectivity index (χ0n) is 19.5. The molecule has 0 aliphatic carbocycles. The van der Waals surface area contributed by atoms with Crippen molar-refractivity contribution in [2.24, 2.45) is 0 Å². The van der Waals surface area contributed by atoms with E-state index < -0.39 is 29.6 Å². The summed E-state index contributed by atoms with van der Waals surface area (Å²) in [5.74, 6) is -0.0831. The van der Waals surface area contributed by atoms with Crippen LogP contribution in [-0.2, 0) is 22.6 Å². The van der Waals surface area contributed by atoms with Gasteiger partial charge in [-0.05, 0) is 39.7 Å². The summed E-state index contributed by atoms with van der Waals surface area (Å²) in [4.78, 5) is 42.1. The van der Waals surface area contributed by atoms with Gasteiger partial charge in [0.2, 0.25) is 5.91 Å². The summed E-state index contributed by atoms with van der Waals surface area (Å²) in [6.07, 6.45) is -1.40. The first-order valence-electron chi connectivity index (χ1n) is 11.2. The molecule has 2 aliphatic rings. The molecule has 2 aromatic rings. The molecule has 0 spiro atoms. The highest BCUT2D eigenvalue weighted by Crippen LogP contribution is 2.25. The smallest absolute Gasteiger partial charge is 0.410 e. The number of ether oxygens (including phenoxy) is 1. The molecule has 0 bridgehead atoms. The van der Waals surface area contributed by atoms with Crippen molar-refractivity contribution < 1.29 is 18.7 Å². The van der Waals surface area contributed by atoms with E-state index in [1.165, 1.54) is 19.0 Å². The van der Waals surface area contributed by atoms with Gasteiger partial charge in [-0.2, -0.15) is 5.10 Å². The average molecular weight is 460 g/mol. The van der Waals surface area contributed by atoms with E-state index in [1.807, 2.05) is 31.2 Å². The molecule has 0 saturated carbocycles. The van der Waals surface area contributed by atoms with Crippen molar-refractivity contribution in [2.75, 3.05) is 19.6 Å². The SMILES string of the molecule is Cc1ccc(Cn2nc3n(c2=O)[C@@H](C(=O)N2CC[C@H](F)C2)CN(C(=O)OC(C)(C)C)C3)cc1. The normalized spacial score (nSPS) is 20.6. The van der Waals surface area contributed by atoms with E-state index in [0.717, 1.165) is 11.1 Å². The van der Waals surface area contributed by atoms with Crippen LogP contribution in [-0.4, -0.2) is 67.6 Å². The van der Waals surface area contributed by atoms with Gasteiger partial charge in [0.15, 0.2) is 5.82 Å². The first-order chi connectivity index (χ1) is 15.5. The molecule has 0 N–H and O–H groups in total. The third-order valence-corrected chi connectivity index (χ3v) is 5.81. The van der Waals surface area contributed by atoms with Crippen LogP contribution in [0.1, 0.15) is 50.2 Å². The van der Waals surface area contributed by atoms with Crippen molar-refractivity contribution in [1.29, 1.82) is 0 Å². The van der Waals surface area contributed by atoms with Gasteiger partial charge in [0.1, 0.15) is 17.8 Å². The van der Waals surface area contributed by atoms with Crippen molar-refractivity contribution in [3.05, 3.63) is 51.7 Å². The van der Waals surface area contributed by atoms with Gasteiger partial charge in [0.25, 0.3) is 0 Å². The van der Waals surface area contributed by atoms with Gasteiger partial charge in [-0.25, -0.2) is 18.7 Å². The van der Waals surface area contributed by atoms with Crippen molar-refractivity contribution in [3.63, 3.8) is 0 Å². The number of nitrogens with zero attached hydrogens (tertiary/aromatic N) is 5. The zero-order valence-corrected chi connectivity index (χ0v) is 19.5. The predicted molar refractivity (Wildman–Crippen MR) is 119 cm³/mol. The summed E-state index contributed by atoms with van der Waals surface area (Å²) in [5, 5.41) is 4.44. The number of aromatic nitrogens is 3. The lowest BCUT2D eigenvalue weighted by molar-refractivity contribution is -0.135. The Labute approximate surface area is 191 Å². The molecule has 2 atom stereocenters. The van der Waals surface area contributed by atoms with Crippen molar-refractivity contribution in [1.82, 2.24) is 24.1 Å². The molecule has 0 unspecified atom stereocenters. The minimum atomic E-state index is -1.08. The number of alkyl halides is 1. The molecule has 2 amide bonds. The summed E-state index contributed by atoms with van der Waals surface area (Å²) in [6, 6.07) is 6.76. The first-order valence-corrected chi connectivity index (χ1v) is 11.2. The second kappa shape index (κ2) is 8.64. The minimum Gasteiger partial charge on any atom is -0.444 e. The van der Waals surface area contributed by atoms with E-state index in [0.29, 0.717) is 5.82 Å². The van der Waals surface area contributed by atoms with Crippen LogP contribution in [0.25, 0.3) is 0 Å². The Morgan fingerprint density at radius 3 is 2.45 bits per heavy atom. The van der Waals surface area contributed by atoms with Gasteiger partial charge in [-0.1, -0.05) is 29.8 Å². The molecule has 1 aromatic heterocycles. The zero-order chi connectivity index (χ0) is 23.9. The minimum absolute atomic E-state index is 0.0106. The Balaban J connectivity index is 1.67. The van der Waals surface area contributed by atoms with Crippen molar-refractivity contribution in [2.45, 2.75) is 65.0 Å². The topological polar surface area (TPSA) is 89.7 Å². The van der Waals surface area contributed by atoms with E-state index in [4.69, 9.17) is 4.74 Å². The van der Waals surface area contributed by atoms with Crippen LogP contribution < -0.4 is 5.69 Å². The molecule has 3 heterocycles. The Morgan fingerprint density at radius 2 is 1.85 bits per heavy atom. The van der Waals surface area contributed by atoms with Crippen molar-refractivity contribution in [3.8, 4) is 0 Å². The summed E-state index contributed by atoms with van der Waals surface area (Å²) < 4.78 is 21.9. The Bertz CT molecular complexity index is 1100. The number of hydrogen-bond acceptors (Lipinski definition) is 5. The van der Waals surface area contributed by atoms with Crippen LogP contribution >= 0.6 is 0 Å². The van der Waals surface area contributed by atoms with Gasteiger partial charge < -0.3 is 9.64 Å². The number of likely N-dealkylation sites (tertiary alicyclic amines) is 1. The highest BCUT2D eigenvalue weighted by Gasteiger charge is 2.40. The molecule has 1 saturated heterocycles. The highest BCUT2D eigenvalue weighted by atomic mass is 19.1. The Hall–Kier alpha value is -3.17. The molecule has 33 heavy (non-hydrogen) atoms. The summed E-state index contributed by atoms with van der Waals surface area (Å²) >= 11 is 0. The third kappa shape index (κ3) is 4.94. The maximum atomic E-state index is 13.8. The van der Waals surface area contributed by atoms with Gasteiger partial charge in [0, 0.05) is 6.54 Å². The predicted octanol–water partition coefficient (Wildman–Crippen LogP) is 2.26. The summed E-state index contributed by atoms with van der Waals surface area (Å²) in [5.41, 5.74) is 0.855. The van der Waals surface area contributed by atoms with Crippen LogP contribution in [0, 0.1) is 6.92 Å². The first kappa shape index (κ1) is 23.0. The highest BCUT2D eigenvalue weighted by molar-refractivity contribution is 5.82. The van der Waals surface area contributed by atoms with E-state index in [-0.39, 0.29) is 45.1 Å². The molecule has 1 aromatic carbocycles. The second-order valence-electron chi connectivity index (χ2n) is 9.76. The summed E-state index contributed by atoms with van der Waals surface area (Å²) in [7, 11) is 0. The van der Waals surface area contributed by atoms with Crippen LogP contribution in [0.4, 0.5) is 9.18 Å². The Morgan fingerprint density at radius 1 is 1.15 bits per heavy atom. The number of rotatable bonds is 3. The molecule has 10 heteroatoms. The second-order valence-corrected chi connectivity index (χ2v) is 9.76. The van der Waals surface area contributed by atoms with Gasteiger partial charge in [-0.3, -0.25) is 14.3 Å². The number of benzene rings is 1. The number of amides is 2. The van der Waals surface area contributed by atoms with E-state index in [9.17, 15) is 18.8 Å². The third-order valence-electron chi connectivity index (χ3n) is 5.81. The molecular formula is C23H30FN5O4. The fourth-order valence-electron chi connectivity index (χ4n) is 4.16. The quantitative estimate of drug-likeness (QED) is 0.703. The lowest BCUT2D eigenvalue weighted by Crippen LogP contribution is -2.51. The monoisotopic (exact) mass is 459 g/mol. The van der Waals surface area contributed by atoms with E-state index in [2.05, 4.69) is 5.10 Å². The van der Waals surface area contributed by atoms with E-state index in [1.54, 1.807) is 20.8 Å². The number of aryl methyl sites for hydroxylation is 1. The molecule has 0 radical (unpaired) electrons. The summed E-state index contributed by atoms with van der Waals surface area (Å²) in [6.45, 7) is 7.77. The van der Waals surface area contributed by atoms with Gasteiger partial charge >= 0.3 is 11.8 Å². The Kier molecular flexibility index (Phi) is 6.02. The standard InChI is InChI=1S/C23H30FN5O4/c1-15-5-7-16(8-6-15)11-28-21(31)29-18(20(30)26-10-9-17(24)12-26)13-27(14-19(29)25-28)22(32)33-23(2,3)4/h5-8,17-18H,9-14H2,1-4H3/t17-,18+/m0/s1. The lowest BCUT2D eigenvalue weighted by Gasteiger charge is -2.35. The van der Waals surface area contributed by atoms with Gasteiger partial charge in [0.05, 0.1) is 26.2 Å². The largest absolute Gasteiger partial charge is 0.444 e. The molecule has 4 rings (SSSR count). The van der Waals surface area contributed by atoms with Crippen molar-refractivity contribution >= 4 is 12.0 Å². The fourth-order valence-corrected chi connectivity index (χ4v) is 4.16. The molecular weight excluding hydrogens is 429 g/mol. The number of fused-ring (bicyclic) bond motifs is 1. The number of hydrogen-bond donors (Lipinski definition) is 0. The molecule has 178 valence electrons. The molecule has 9 nitrogen and oxygen atoms in total. The number of carbonyl (C=O) groups excluding carboxylic acids is 2. The number of halogens is 1. The molecule has 1 fully saturated rings. The van der Waals surface area contributed by atoms with Crippen LogP contribution in [0.3, 0.4) is 0 Å². The number of carbonyl (C=O) groups is 2. The lowest BCUT2D eigenvalue weighted by atomic mass is 10.1. The maximum Gasteiger partial charge on any atom is 0.410 e. The fraction of sp³-hybridized carbons (Fsp3) is 0.565. The van der Waals surface area contributed by atoms with Crippen LogP contribution in [0.15, 0.2) is 29.1 Å². The maximum absolute atomic E-state index is 13.8. The van der Waals surface area contributed by atoms with E-state index >= 15 is 0 Å². The van der Waals surface area contributed by atoms with Crippen LogP contribution in [0.2, 0.25) is 0 Å².